The standard InChI is InChI=1S/C21H23N3O3S/c1-14(25)23-16-7-9-17(10-8-16)28(26,27)22-13-15-6-11-21-19(12-15)18-4-2-3-5-20(18)24-21/h6-12,22,24H,2-5,13H2,1H3,(H,23,25). The molecular formula is C21H23N3O3S. The molecule has 0 saturated heterocycles. The summed E-state index contributed by atoms with van der Waals surface area (Å²) in [6.45, 7) is 1.64. The maximum Gasteiger partial charge on any atom is 0.240 e. The molecular weight excluding hydrogens is 374 g/mol. The fourth-order valence-corrected chi connectivity index (χ4v) is 4.76. The van der Waals surface area contributed by atoms with Gasteiger partial charge >= 0.3 is 0 Å². The van der Waals surface area contributed by atoms with E-state index in [1.54, 1.807) is 12.1 Å². The topological polar surface area (TPSA) is 91.1 Å². The van der Waals surface area contributed by atoms with Crippen LogP contribution in [0.3, 0.4) is 0 Å². The Morgan fingerprint density at radius 2 is 1.82 bits per heavy atom. The minimum atomic E-state index is -3.63. The van der Waals surface area contributed by atoms with Crippen LogP contribution in [0.2, 0.25) is 0 Å². The lowest BCUT2D eigenvalue weighted by Crippen LogP contribution is -2.23. The second kappa shape index (κ2) is 7.41. The SMILES string of the molecule is CC(=O)Nc1ccc(S(=O)(=O)NCc2ccc3[nH]c4c(c3c2)CCCC4)cc1. The van der Waals surface area contributed by atoms with Crippen LogP contribution >= 0.6 is 0 Å². The molecule has 0 radical (unpaired) electrons. The van der Waals surface area contributed by atoms with E-state index in [1.165, 1.54) is 48.5 Å². The van der Waals surface area contributed by atoms with Gasteiger partial charge in [0.05, 0.1) is 4.90 Å². The molecule has 2 aromatic carbocycles. The Kier molecular flexibility index (Phi) is 4.95. The molecule has 6 nitrogen and oxygen atoms in total. The molecule has 1 aliphatic rings. The highest BCUT2D eigenvalue weighted by Crippen LogP contribution is 2.29. The number of hydrogen-bond donors (Lipinski definition) is 3. The van der Waals surface area contributed by atoms with E-state index in [2.05, 4.69) is 21.1 Å². The van der Waals surface area contributed by atoms with Crippen LogP contribution in [0.4, 0.5) is 5.69 Å². The number of anilines is 1. The van der Waals surface area contributed by atoms with Crippen molar-refractivity contribution >= 4 is 32.5 Å². The molecule has 0 bridgehead atoms. The number of rotatable bonds is 5. The molecule has 7 heteroatoms. The number of benzene rings is 2. The predicted octanol–water partition coefficient (Wildman–Crippen LogP) is 3.48. The van der Waals surface area contributed by atoms with Crippen LogP contribution in [-0.4, -0.2) is 19.3 Å². The van der Waals surface area contributed by atoms with E-state index in [4.69, 9.17) is 0 Å². The first kappa shape index (κ1) is 18.7. The molecule has 0 unspecified atom stereocenters. The second-order valence-corrected chi connectivity index (χ2v) is 8.97. The van der Waals surface area contributed by atoms with E-state index in [-0.39, 0.29) is 17.3 Å². The molecule has 146 valence electrons. The third-order valence-electron chi connectivity index (χ3n) is 5.11. The van der Waals surface area contributed by atoms with Crippen molar-refractivity contribution in [2.45, 2.75) is 44.0 Å². The van der Waals surface area contributed by atoms with E-state index in [0.29, 0.717) is 5.69 Å². The molecule has 3 N–H and O–H groups in total. The van der Waals surface area contributed by atoms with Crippen LogP contribution in [0.1, 0.15) is 36.6 Å². The lowest BCUT2D eigenvalue weighted by Gasteiger charge is -2.11. The van der Waals surface area contributed by atoms with Crippen LogP contribution < -0.4 is 10.0 Å². The number of nitrogens with one attached hydrogen (secondary N) is 3. The monoisotopic (exact) mass is 397 g/mol. The van der Waals surface area contributed by atoms with Crippen molar-refractivity contribution in [2.24, 2.45) is 0 Å². The lowest BCUT2D eigenvalue weighted by atomic mass is 9.95. The molecule has 3 aromatic rings. The number of sulfonamides is 1. The summed E-state index contributed by atoms with van der Waals surface area (Å²) in [4.78, 5) is 14.7. The average Bonchev–Trinajstić information content (AvgIpc) is 3.04. The van der Waals surface area contributed by atoms with Gasteiger partial charge in [0.2, 0.25) is 15.9 Å². The average molecular weight is 398 g/mol. The summed E-state index contributed by atoms with van der Waals surface area (Å²) < 4.78 is 27.8. The maximum atomic E-state index is 12.6. The van der Waals surface area contributed by atoms with Crippen molar-refractivity contribution in [3.63, 3.8) is 0 Å². The normalized spacial score (nSPS) is 14.0. The van der Waals surface area contributed by atoms with Gasteiger partial charge in [-0.1, -0.05) is 6.07 Å². The zero-order valence-electron chi connectivity index (χ0n) is 15.7. The Morgan fingerprint density at radius 1 is 1.07 bits per heavy atom. The number of aromatic amines is 1. The molecule has 0 atom stereocenters. The van der Waals surface area contributed by atoms with Gasteiger partial charge in [0.25, 0.3) is 0 Å². The van der Waals surface area contributed by atoms with Gasteiger partial charge in [-0.25, -0.2) is 13.1 Å². The number of carbonyl (C=O) groups excluding carboxylic acids is 1. The minimum absolute atomic E-state index is 0.168. The third-order valence-corrected chi connectivity index (χ3v) is 6.53. The molecule has 0 fully saturated rings. The summed E-state index contributed by atoms with van der Waals surface area (Å²) in [5, 5.41) is 3.82. The summed E-state index contributed by atoms with van der Waals surface area (Å²) in [6, 6.07) is 12.2. The summed E-state index contributed by atoms with van der Waals surface area (Å²) in [5.74, 6) is -0.198. The number of H-pyrrole nitrogens is 1. The number of aryl methyl sites for hydroxylation is 2. The van der Waals surface area contributed by atoms with Gasteiger partial charge < -0.3 is 10.3 Å². The van der Waals surface area contributed by atoms with Gasteiger partial charge in [-0.3, -0.25) is 4.79 Å². The van der Waals surface area contributed by atoms with E-state index in [1.807, 2.05) is 12.1 Å². The Labute approximate surface area is 164 Å². The number of aromatic nitrogens is 1. The first-order chi connectivity index (χ1) is 13.4. The van der Waals surface area contributed by atoms with Gasteiger partial charge in [0.15, 0.2) is 0 Å². The highest BCUT2D eigenvalue weighted by molar-refractivity contribution is 7.89. The van der Waals surface area contributed by atoms with Crippen molar-refractivity contribution in [1.29, 1.82) is 0 Å². The van der Waals surface area contributed by atoms with Crippen LogP contribution in [0.15, 0.2) is 47.4 Å². The van der Waals surface area contributed by atoms with Gasteiger partial charge in [0, 0.05) is 35.8 Å². The largest absolute Gasteiger partial charge is 0.358 e. The number of hydrogen-bond acceptors (Lipinski definition) is 3. The summed E-state index contributed by atoms with van der Waals surface area (Å²) in [6.07, 6.45) is 4.57. The molecule has 1 aliphatic carbocycles. The predicted molar refractivity (Wildman–Crippen MR) is 110 cm³/mol. The van der Waals surface area contributed by atoms with Crippen molar-refractivity contribution in [3.8, 4) is 0 Å². The summed E-state index contributed by atoms with van der Waals surface area (Å²) in [7, 11) is -3.63. The molecule has 1 amide bonds. The fourth-order valence-electron chi connectivity index (χ4n) is 3.75. The Bertz CT molecular complexity index is 1130. The van der Waals surface area contributed by atoms with Gasteiger partial charge in [-0.15, -0.1) is 0 Å². The van der Waals surface area contributed by atoms with Crippen LogP contribution in [0.5, 0.6) is 0 Å². The van der Waals surface area contributed by atoms with Crippen molar-refractivity contribution in [2.75, 3.05) is 5.32 Å². The summed E-state index contributed by atoms with van der Waals surface area (Å²) >= 11 is 0. The molecule has 0 aliphatic heterocycles. The number of fused-ring (bicyclic) bond motifs is 3. The highest BCUT2D eigenvalue weighted by Gasteiger charge is 2.17. The summed E-state index contributed by atoms with van der Waals surface area (Å²) in [5.41, 5.74) is 5.30. The van der Waals surface area contributed by atoms with E-state index in [9.17, 15) is 13.2 Å². The van der Waals surface area contributed by atoms with Gasteiger partial charge in [-0.05, 0) is 73.2 Å². The minimum Gasteiger partial charge on any atom is -0.358 e. The van der Waals surface area contributed by atoms with Gasteiger partial charge in [0.1, 0.15) is 0 Å². The van der Waals surface area contributed by atoms with Crippen LogP contribution in [-0.2, 0) is 34.2 Å². The van der Waals surface area contributed by atoms with E-state index < -0.39 is 10.0 Å². The van der Waals surface area contributed by atoms with Gasteiger partial charge in [-0.2, -0.15) is 0 Å². The quantitative estimate of drug-likeness (QED) is 0.615. The van der Waals surface area contributed by atoms with Crippen LogP contribution in [0.25, 0.3) is 10.9 Å². The fraction of sp³-hybridized carbons (Fsp3) is 0.286. The highest BCUT2D eigenvalue weighted by atomic mass is 32.2. The first-order valence-corrected chi connectivity index (χ1v) is 10.9. The van der Waals surface area contributed by atoms with Crippen LogP contribution in [0, 0.1) is 0 Å². The number of carbonyl (C=O) groups is 1. The van der Waals surface area contributed by atoms with Crippen molar-refractivity contribution in [1.82, 2.24) is 9.71 Å². The Hall–Kier alpha value is -2.64. The molecule has 1 heterocycles. The zero-order chi connectivity index (χ0) is 19.7. The van der Waals surface area contributed by atoms with E-state index in [0.717, 1.165) is 23.9 Å². The molecule has 0 saturated carbocycles. The molecule has 28 heavy (non-hydrogen) atoms. The first-order valence-electron chi connectivity index (χ1n) is 9.42. The second-order valence-electron chi connectivity index (χ2n) is 7.20. The zero-order valence-corrected chi connectivity index (χ0v) is 16.5. The molecule has 4 rings (SSSR count). The molecule has 1 aromatic heterocycles. The third kappa shape index (κ3) is 3.81. The Balaban J connectivity index is 1.50. The van der Waals surface area contributed by atoms with E-state index >= 15 is 0 Å². The Morgan fingerprint density at radius 3 is 2.57 bits per heavy atom. The van der Waals surface area contributed by atoms with Crippen molar-refractivity contribution < 1.29 is 13.2 Å². The lowest BCUT2D eigenvalue weighted by molar-refractivity contribution is -0.114. The van der Waals surface area contributed by atoms with Crippen molar-refractivity contribution in [3.05, 3.63) is 59.3 Å². The smallest absolute Gasteiger partial charge is 0.240 e. The maximum absolute atomic E-state index is 12.6. The number of amides is 1. The molecule has 0 spiro atoms.